The van der Waals surface area contributed by atoms with Gasteiger partial charge in [-0.15, -0.1) is 0 Å². The van der Waals surface area contributed by atoms with Gasteiger partial charge in [-0.1, -0.05) is 6.07 Å². The summed E-state index contributed by atoms with van der Waals surface area (Å²) >= 11 is 0. The van der Waals surface area contributed by atoms with Gasteiger partial charge in [-0.25, -0.2) is 9.59 Å². The van der Waals surface area contributed by atoms with Crippen molar-refractivity contribution in [1.82, 2.24) is 0 Å². The Kier molecular flexibility index (Phi) is 6.07. The van der Waals surface area contributed by atoms with Crippen LogP contribution >= 0.6 is 0 Å². The van der Waals surface area contributed by atoms with Crippen molar-refractivity contribution >= 4 is 16.9 Å². The van der Waals surface area contributed by atoms with Crippen LogP contribution in [0.4, 0.5) is 0 Å². The fraction of sp³-hybridized carbons (Fsp3) is 0.273. The Morgan fingerprint density at radius 3 is 2.48 bits per heavy atom. The molecule has 29 heavy (non-hydrogen) atoms. The maximum atomic E-state index is 12.6. The second-order valence-electron chi connectivity index (χ2n) is 6.23. The minimum absolute atomic E-state index is 0.276. The summed E-state index contributed by atoms with van der Waals surface area (Å²) in [5.74, 6) is 1.03. The van der Waals surface area contributed by atoms with Crippen LogP contribution < -0.4 is 19.8 Å². The summed E-state index contributed by atoms with van der Waals surface area (Å²) in [6.07, 6.45) is -0.773. The highest BCUT2D eigenvalue weighted by atomic mass is 16.6. The number of benzene rings is 2. The zero-order valence-corrected chi connectivity index (χ0v) is 16.7. The van der Waals surface area contributed by atoms with E-state index in [-0.39, 0.29) is 6.61 Å². The van der Waals surface area contributed by atoms with E-state index in [4.69, 9.17) is 23.4 Å². The SMILES string of the molecule is CCOC(=O)C(C)Oc1ccc2cc(-c3ccc(OC)c(OC)c3)c(=O)oc2c1. The van der Waals surface area contributed by atoms with Crippen molar-refractivity contribution in [2.24, 2.45) is 0 Å². The maximum Gasteiger partial charge on any atom is 0.347 e. The van der Waals surface area contributed by atoms with E-state index < -0.39 is 17.7 Å². The molecule has 0 radical (unpaired) electrons. The fourth-order valence-corrected chi connectivity index (χ4v) is 2.88. The maximum absolute atomic E-state index is 12.6. The molecule has 7 nitrogen and oxygen atoms in total. The molecule has 1 aromatic heterocycles. The zero-order valence-electron chi connectivity index (χ0n) is 16.7. The average molecular weight is 398 g/mol. The van der Waals surface area contributed by atoms with Crippen molar-refractivity contribution in [3.63, 3.8) is 0 Å². The third-order valence-corrected chi connectivity index (χ3v) is 4.33. The number of esters is 1. The lowest BCUT2D eigenvalue weighted by atomic mass is 10.1. The van der Waals surface area contributed by atoms with Crippen molar-refractivity contribution in [2.75, 3.05) is 20.8 Å². The summed E-state index contributed by atoms with van der Waals surface area (Å²) in [5.41, 5.74) is 0.898. The number of hydrogen-bond donors (Lipinski definition) is 0. The molecule has 152 valence electrons. The summed E-state index contributed by atoms with van der Waals surface area (Å²) in [6, 6.07) is 12.0. The average Bonchev–Trinajstić information content (AvgIpc) is 2.72. The van der Waals surface area contributed by atoms with Crippen LogP contribution in [0.25, 0.3) is 22.1 Å². The predicted molar refractivity (Wildman–Crippen MR) is 108 cm³/mol. The van der Waals surface area contributed by atoms with Crippen LogP contribution in [0.5, 0.6) is 17.2 Å². The Balaban J connectivity index is 1.94. The second kappa shape index (κ2) is 8.68. The van der Waals surface area contributed by atoms with Gasteiger partial charge in [0.05, 0.1) is 26.4 Å². The van der Waals surface area contributed by atoms with E-state index in [1.165, 1.54) is 7.11 Å². The molecular weight excluding hydrogens is 376 g/mol. The number of fused-ring (bicyclic) bond motifs is 1. The van der Waals surface area contributed by atoms with Gasteiger partial charge in [-0.2, -0.15) is 0 Å². The molecule has 2 aromatic carbocycles. The van der Waals surface area contributed by atoms with E-state index in [2.05, 4.69) is 0 Å². The van der Waals surface area contributed by atoms with Gasteiger partial charge in [0.2, 0.25) is 0 Å². The number of carbonyl (C=O) groups excluding carboxylic acids is 1. The molecule has 3 aromatic rings. The highest BCUT2D eigenvalue weighted by Crippen LogP contribution is 2.32. The first-order valence-electron chi connectivity index (χ1n) is 9.10. The molecule has 0 amide bonds. The van der Waals surface area contributed by atoms with Gasteiger partial charge in [-0.05, 0) is 49.7 Å². The summed E-state index contributed by atoms with van der Waals surface area (Å²) in [4.78, 5) is 24.3. The predicted octanol–water partition coefficient (Wildman–Crippen LogP) is 3.81. The monoisotopic (exact) mass is 398 g/mol. The van der Waals surface area contributed by atoms with Gasteiger partial charge in [0.1, 0.15) is 11.3 Å². The van der Waals surface area contributed by atoms with E-state index in [9.17, 15) is 9.59 Å². The fourth-order valence-electron chi connectivity index (χ4n) is 2.88. The standard InChI is InChI=1S/C22H22O7/c1-5-27-21(23)13(2)28-16-8-6-15-10-17(22(24)29-19(15)12-16)14-7-9-18(25-3)20(11-14)26-4/h6-13H,5H2,1-4H3. The van der Waals surface area contributed by atoms with Gasteiger partial charge < -0.3 is 23.4 Å². The largest absolute Gasteiger partial charge is 0.493 e. The van der Waals surface area contributed by atoms with Crippen LogP contribution in [-0.4, -0.2) is 32.9 Å². The van der Waals surface area contributed by atoms with Crippen LogP contribution in [0.3, 0.4) is 0 Å². The summed E-state index contributed by atoms with van der Waals surface area (Å²) in [5, 5.41) is 0.713. The van der Waals surface area contributed by atoms with Crippen molar-refractivity contribution in [3.8, 4) is 28.4 Å². The first-order chi connectivity index (χ1) is 14.0. The van der Waals surface area contributed by atoms with Crippen molar-refractivity contribution in [2.45, 2.75) is 20.0 Å². The molecule has 1 unspecified atom stereocenters. The highest BCUT2D eigenvalue weighted by Gasteiger charge is 2.17. The van der Waals surface area contributed by atoms with Crippen molar-refractivity contribution < 1.29 is 28.2 Å². The Hall–Kier alpha value is -3.48. The molecule has 0 fully saturated rings. The number of methoxy groups -OCH3 is 2. The first-order valence-corrected chi connectivity index (χ1v) is 9.10. The third kappa shape index (κ3) is 4.34. The van der Waals surface area contributed by atoms with Crippen LogP contribution in [0.15, 0.2) is 51.7 Å². The molecule has 0 bridgehead atoms. The molecule has 0 spiro atoms. The number of ether oxygens (including phenoxy) is 4. The number of rotatable bonds is 7. The van der Waals surface area contributed by atoms with Crippen LogP contribution in [-0.2, 0) is 9.53 Å². The van der Waals surface area contributed by atoms with Gasteiger partial charge in [0, 0.05) is 11.5 Å². The lowest BCUT2D eigenvalue weighted by Crippen LogP contribution is -2.26. The Morgan fingerprint density at radius 1 is 1.03 bits per heavy atom. The summed E-state index contributed by atoms with van der Waals surface area (Å²) < 4.78 is 26.5. The number of hydrogen-bond acceptors (Lipinski definition) is 7. The smallest absolute Gasteiger partial charge is 0.347 e. The second-order valence-corrected chi connectivity index (χ2v) is 6.23. The molecule has 3 rings (SSSR count). The Labute approximate surface area is 167 Å². The van der Waals surface area contributed by atoms with Gasteiger partial charge in [0.25, 0.3) is 0 Å². The molecule has 0 N–H and O–H groups in total. The van der Waals surface area contributed by atoms with E-state index in [1.807, 2.05) is 0 Å². The Bertz CT molecular complexity index is 1080. The zero-order chi connectivity index (χ0) is 21.0. The minimum atomic E-state index is -0.773. The van der Waals surface area contributed by atoms with E-state index in [0.29, 0.717) is 39.3 Å². The molecule has 0 aliphatic carbocycles. The normalized spacial score (nSPS) is 11.7. The highest BCUT2D eigenvalue weighted by molar-refractivity contribution is 5.83. The third-order valence-electron chi connectivity index (χ3n) is 4.33. The molecule has 0 aliphatic rings. The molecule has 0 aliphatic heterocycles. The van der Waals surface area contributed by atoms with E-state index >= 15 is 0 Å². The minimum Gasteiger partial charge on any atom is -0.493 e. The summed E-state index contributed by atoms with van der Waals surface area (Å²) in [7, 11) is 3.08. The number of carbonyl (C=O) groups is 1. The van der Waals surface area contributed by atoms with Crippen LogP contribution in [0, 0.1) is 0 Å². The Morgan fingerprint density at radius 2 is 1.79 bits per heavy atom. The molecular formula is C22H22O7. The van der Waals surface area contributed by atoms with Crippen LogP contribution in [0.1, 0.15) is 13.8 Å². The van der Waals surface area contributed by atoms with Crippen molar-refractivity contribution in [3.05, 3.63) is 52.9 Å². The lowest BCUT2D eigenvalue weighted by Gasteiger charge is -2.13. The summed E-state index contributed by atoms with van der Waals surface area (Å²) in [6.45, 7) is 3.60. The topological polar surface area (TPSA) is 84.2 Å². The molecule has 1 heterocycles. The van der Waals surface area contributed by atoms with Crippen LogP contribution in [0.2, 0.25) is 0 Å². The first kappa shape index (κ1) is 20.3. The van der Waals surface area contributed by atoms with Gasteiger partial charge in [0.15, 0.2) is 17.6 Å². The van der Waals surface area contributed by atoms with E-state index in [0.717, 1.165) is 0 Å². The molecule has 7 heteroatoms. The molecule has 0 saturated carbocycles. The van der Waals surface area contributed by atoms with Crippen molar-refractivity contribution in [1.29, 1.82) is 0 Å². The van der Waals surface area contributed by atoms with Gasteiger partial charge in [-0.3, -0.25) is 0 Å². The van der Waals surface area contributed by atoms with Gasteiger partial charge >= 0.3 is 11.6 Å². The van der Waals surface area contributed by atoms with E-state index in [1.54, 1.807) is 63.4 Å². The quantitative estimate of drug-likeness (QED) is 0.442. The molecule has 1 atom stereocenters. The lowest BCUT2D eigenvalue weighted by molar-refractivity contribution is -0.150. The molecule has 0 saturated heterocycles.